The van der Waals surface area contributed by atoms with Gasteiger partial charge in [0.1, 0.15) is 5.82 Å². The standard InChI is InChI=1S/C27H26FN3O3S2/c1-19-6-5-9-24-25(19)29-27(35-24)31(18-20-7-3-2-4-8-20)26(32)21-14-16-30(17-15-21)36(33,34)23-12-10-22(28)11-13-23/h2-13,21H,14-18H2,1H3. The maximum absolute atomic E-state index is 13.8. The summed E-state index contributed by atoms with van der Waals surface area (Å²) in [6.45, 7) is 2.86. The van der Waals surface area contributed by atoms with Gasteiger partial charge in [0.05, 0.1) is 21.7 Å². The molecule has 0 radical (unpaired) electrons. The predicted molar refractivity (Wildman–Crippen MR) is 140 cm³/mol. The van der Waals surface area contributed by atoms with Gasteiger partial charge in [0, 0.05) is 19.0 Å². The summed E-state index contributed by atoms with van der Waals surface area (Å²) in [5.74, 6) is -0.849. The number of rotatable bonds is 6. The lowest BCUT2D eigenvalue weighted by Crippen LogP contribution is -2.44. The minimum atomic E-state index is -3.74. The Hall–Kier alpha value is -3.14. The van der Waals surface area contributed by atoms with Crippen LogP contribution in [0.1, 0.15) is 24.0 Å². The molecular formula is C27H26FN3O3S2. The molecule has 4 aromatic rings. The van der Waals surface area contributed by atoms with Crippen molar-refractivity contribution in [2.75, 3.05) is 18.0 Å². The predicted octanol–water partition coefficient (Wildman–Crippen LogP) is 5.38. The second-order valence-electron chi connectivity index (χ2n) is 8.96. The first-order valence-corrected chi connectivity index (χ1v) is 14.1. The van der Waals surface area contributed by atoms with Gasteiger partial charge in [0.15, 0.2) is 5.13 Å². The third kappa shape index (κ3) is 4.91. The monoisotopic (exact) mass is 523 g/mol. The van der Waals surface area contributed by atoms with Crippen molar-refractivity contribution < 1.29 is 17.6 Å². The molecule has 3 aromatic carbocycles. The van der Waals surface area contributed by atoms with Crippen molar-refractivity contribution >= 4 is 42.6 Å². The van der Waals surface area contributed by atoms with Crippen LogP contribution in [0.5, 0.6) is 0 Å². The summed E-state index contributed by atoms with van der Waals surface area (Å²) >= 11 is 1.49. The molecule has 6 nitrogen and oxygen atoms in total. The number of nitrogens with zero attached hydrogens (tertiary/aromatic N) is 3. The van der Waals surface area contributed by atoms with E-state index in [9.17, 15) is 17.6 Å². The number of para-hydroxylation sites is 1. The molecule has 186 valence electrons. The Labute approximate surface area is 214 Å². The van der Waals surface area contributed by atoms with Crippen molar-refractivity contribution in [1.29, 1.82) is 0 Å². The molecule has 1 fully saturated rings. The second kappa shape index (κ2) is 10.1. The molecule has 0 bridgehead atoms. The number of anilines is 1. The summed E-state index contributed by atoms with van der Waals surface area (Å²) in [7, 11) is -3.74. The van der Waals surface area contributed by atoms with E-state index in [2.05, 4.69) is 0 Å². The molecule has 5 rings (SSSR count). The van der Waals surface area contributed by atoms with Crippen LogP contribution < -0.4 is 4.90 Å². The summed E-state index contributed by atoms with van der Waals surface area (Å²) in [4.78, 5) is 20.4. The fraction of sp³-hybridized carbons (Fsp3) is 0.259. The largest absolute Gasteiger partial charge is 0.283 e. The Bertz CT molecular complexity index is 1480. The number of amides is 1. The number of carbonyl (C=O) groups is 1. The number of halogens is 1. The van der Waals surface area contributed by atoms with Crippen LogP contribution >= 0.6 is 11.3 Å². The van der Waals surface area contributed by atoms with Crippen molar-refractivity contribution in [3.05, 3.63) is 89.7 Å². The van der Waals surface area contributed by atoms with Gasteiger partial charge in [0.25, 0.3) is 0 Å². The van der Waals surface area contributed by atoms with E-state index in [1.807, 2.05) is 55.5 Å². The molecule has 0 spiro atoms. The smallest absolute Gasteiger partial charge is 0.243 e. The van der Waals surface area contributed by atoms with Crippen LogP contribution in [0.4, 0.5) is 9.52 Å². The lowest BCUT2D eigenvalue weighted by molar-refractivity contribution is -0.123. The minimum Gasteiger partial charge on any atom is -0.283 e. The number of benzene rings is 3. The van der Waals surface area contributed by atoms with E-state index in [1.54, 1.807) is 4.90 Å². The normalized spacial score (nSPS) is 15.3. The number of hydrogen-bond acceptors (Lipinski definition) is 5. The molecule has 2 heterocycles. The summed E-state index contributed by atoms with van der Waals surface area (Å²) in [5.41, 5.74) is 2.95. The summed E-state index contributed by atoms with van der Waals surface area (Å²) in [6, 6.07) is 20.6. The first-order valence-electron chi connectivity index (χ1n) is 11.8. The molecule has 1 saturated heterocycles. The number of thiazole rings is 1. The first kappa shape index (κ1) is 24.5. The lowest BCUT2D eigenvalue weighted by Gasteiger charge is -2.33. The van der Waals surface area contributed by atoms with Crippen LogP contribution in [0.3, 0.4) is 0 Å². The maximum Gasteiger partial charge on any atom is 0.243 e. The zero-order chi connectivity index (χ0) is 25.3. The topological polar surface area (TPSA) is 70.6 Å². The average molecular weight is 524 g/mol. The highest BCUT2D eigenvalue weighted by Gasteiger charge is 2.35. The number of aromatic nitrogens is 1. The first-order chi connectivity index (χ1) is 17.3. The SMILES string of the molecule is Cc1cccc2sc(N(Cc3ccccc3)C(=O)C3CCN(S(=O)(=O)c4ccc(F)cc4)CC3)nc12. The van der Waals surface area contributed by atoms with Crippen LogP contribution in [0.25, 0.3) is 10.2 Å². The van der Waals surface area contributed by atoms with Gasteiger partial charge in [0.2, 0.25) is 15.9 Å². The van der Waals surface area contributed by atoms with E-state index in [0.717, 1.165) is 33.5 Å². The van der Waals surface area contributed by atoms with Gasteiger partial charge >= 0.3 is 0 Å². The average Bonchev–Trinajstić information content (AvgIpc) is 3.33. The van der Waals surface area contributed by atoms with E-state index in [1.165, 1.54) is 27.8 Å². The van der Waals surface area contributed by atoms with Gasteiger partial charge < -0.3 is 0 Å². The van der Waals surface area contributed by atoms with E-state index < -0.39 is 15.8 Å². The van der Waals surface area contributed by atoms with Crippen molar-refractivity contribution in [3.63, 3.8) is 0 Å². The number of fused-ring (bicyclic) bond motifs is 1. The van der Waals surface area contributed by atoms with Crippen molar-refractivity contribution in [3.8, 4) is 0 Å². The second-order valence-corrected chi connectivity index (χ2v) is 11.9. The Kier molecular flexibility index (Phi) is 6.87. The molecule has 1 aliphatic heterocycles. The van der Waals surface area contributed by atoms with Gasteiger partial charge in [-0.1, -0.05) is 53.8 Å². The third-order valence-electron chi connectivity index (χ3n) is 6.54. The van der Waals surface area contributed by atoms with Crippen LogP contribution in [0.2, 0.25) is 0 Å². The molecular weight excluding hydrogens is 497 g/mol. The highest BCUT2D eigenvalue weighted by atomic mass is 32.2. The third-order valence-corrected chi connectivity index (χ3v) is 9.50. The van der Waals surface area contributed by atoms with Crippen LogP contribution in [0, 0.1) is 18.7 Å². The number of piperidine rings is 1. The summed E-state index contributed by atoms with van der Waals surface area (Å²) < 4.78 is 41.7. The fourth-order valence-electron chi connectivity index (χ4n) is 4.51. The number of aryl methyl sites for hydroxylation is 1. The molecule has 36 heavy (non-hydrogen) atoms. The van der Waals surface area contributed by atoms with E-state index in [0.29, 0.717) is 24.5 Å². The van der Waals surface area contributed by atoms with Gasteiger partial charge in [-0.2, -0.15) is 4.31 Å². The van der Waals surface area contributed by atoms with E-state index in [4.69, 9.17) is 4.98 Å². The van der Waals surface area contributed by atoms with Gasteiger partial charge in [-0.15, -0.1) is 0 Å². The molecule has 0 saturated carbocycles. The molecule has 1 amide bonds. The van der Waals surface area contributed by atoms with Crippen LogP contribution in [-0.2, 0) is 21.4 Å². The van der Waals surface area contributed by atoms with Gasteiger partial charge in [-0.25, -0.2) is 17.8 Å². The Morgan fingerprint density at radius 1 is 1.03 bits per heavy atom. The molecule has 1 aliphatic rings. The van der Waals surface area contributed by atoms with E-state index >= 15 is 0 Å². The molecule has 9 heteroatoms. The van der Waals surface area contributed by atoms with Crippen molar-refractivity contribution in [1.82, 2.24) is 9.29 Å². The number of carbonyl (C=O) groups excluding carboxylic acids is 1. The van der Waals surface area contributed by atoms with Gasteiger partial charge in [-0.05, 0) is 61.2 Å². The van der Waals surface area contributed by atoms with Crippen molar-refractivity contribution in [2.45, 2.75) is 31.2 Å². The van der Waals surface area contributed by atoms with Crippen LogP contribution in [0.15, 0.2) is 77.7 Å². The highest BCUT2D eigenvalue weighted by molar-refractivity contribution is 7.89. The van der Waals surface area contributed by atoms with Crippen molar-refractivity contribution in [2.24, 2.45) is 5.92 Å². The molecule has 0 unspecified atom stereocenters. The summed E-state index contributed by atoms with van der Waals surface area (Å²) in [6.07, 6.45) is 0.822. The Morgan fingerprint density at radius 2 is 1.72 bits per heavy atom. The van der Waals surface area contributed by atoms with E-state index in [-0.39, 0.29) is 29.8 Å². The molecule has 0 atom stereocenters. The molecule has 1 aromatic heterocycles. The maximum atomic E-state index is 13.8. The number of hydrogen-bond donors (Lipinski definition) is 0. The number of sulfonamides is 1. The zero-order valence-electron chi connectivity index (χ0n) is 19.8. The fourth-order valence-corrected chi connectivity index (χ4v) is 7.03. The van der Waals surface area contributed by atoms with Crippen LogP contribution in [-0.4, -0.2) is 36.7 Å². The molecule has 0 N–H and O–H groups in total. The van der Waals surface area contributed by atoms with Gasteiger partial charge in [-0.3, -0.25) is 9.69 Å². The minimum absolute atomic E-state index is 0.0469. The quantitative estimate of drug-likeness (QED) is 0.340. The Morgan fingerprint density at radius 3 is 2.39 bits per heavy atom. The lowest BCUT2D eigenvalue weighted by atomic mass is 9.96. The highest BCUT2D eigenvalue weighted by Crippen LogP contribution is 2.34. The Balaban J connectivity index is 1.37. The summed E-state index contributed by atoms with van der Waals surface area (Å²) in [5, 5.41) is 0.648. The zero-order valence-corrected chi connectivity index (χ0v) is 21.4. The molecule has 0 aliphatic carbocycles.